The SMILES string of the molecule is C[C@@H](Sc1nnc(-c2ccco2)n1N)C(=O)N[C@@H]1CCCc2ccccc21. The molecular weight excluding hydrogens is 362 g/mol. The van der Waals surface area contributed by atoms with Crippen LogP contribution in [0.25, 0.3) is 11.6 Å². The Labute approximate surface area is 161 Å². The monoisotopic (exact) mass is 383 g/mol. The van der Waals surface area contributed by atoms with Crippen molar-refractivity contribution in [2.24, 2.45) is 0 Å². The van der Waals surface area contributed by atoms with Crippen LogP contribution in [-0.4, -0.2) is 26.0 Å². The number of carbonyl (C=O) groups is 1. The van der Waals surface area contributed by atoms with Gasteiger partial charge in [0.15, 0.2) is 5.76 Å². The van der Waals surface area contributed by atoms with Gasteiger partial charge in [-0.2, -0.15) is 0 Å². The van der Waals surface area contributed by atoms with Crippen molar-refractivity contribution < 1.29 is 9.21 Å². The number of aryl methyl sites for hydroxylation is 1. The van der Waals surface area contributed by atoms with Crippen molar-refractivity contribution in [3.63, 3.8) is 0 Å². The van der Waals surface area contributed by atoms with Gasteiger partial charge >= 0.3 is 0 Å². The Kier molecular flexibility index (Phi) is 4.89. The second-order valence-electron chi connectivity index (χ2n) is 6.57. The number of benzene rings is 1. The highest BCUT2D eigenvalue weighted by Gasteiger charge is 2.25. The Morgan fingerprint density at radius 3 is 3.00 bits per heavy atom. The van der Waals surface area contributed by atoms with Gasteiger partial charge in [-0.25, -0.2) is 4.68 Å². The van der Waals surface area contributed by atoms with Gasteiger partial charge in [-0.15, -0.1) is 10.2 Å². The Hall–Kier alpha value is -2.74. The Morgan fingerprint density at radius 2 is 2.19 bits per heavy atom. The number of hydrogen-bond acceptors (Lipinski definition) is 6. The lowest BCUT2D eigenvalue weighted by molar-refractivity contribution is -0.121. The van der Waals surface area contributed by atoms with Gasteiger partial charge in [-0.05, 0) is 49.4 Å². The van der Waals surface area contributed by atoms with E-state index in [4.69, 9.17) is 10.3 Å². The fourth-order valence-corrected chi connectivity index (χ4v) is 4.12. The lowest BCUT2D eigenvalue weighted by Gasteiger charge is -2.27. The number of rotatable bonds is 5. The summed E-state index contributed by atoms with van der Waals surface area (Å²) in [5.74, 6) is 6.99. The lowest BCUT2D eigenvalue weighted by atomic mass is 9.88. The average Bonchev–Trinajstić information content (AvgIpc) is 3.32. The normalized spacial score (nSPS) is 17.3. The molecule has 1 aliphatic rings. The summed E-state index contributed by atoms with van der Waals surface area (Å²) in [6.45, 7) is 1.84. The Bertz CT molecular complexity index is 937. The molecule has 3 aromatic rings. The van der Waals surface area contributed by atoms with E-state index in [-0.39, 0.29) is 17.2 Å². The molecule has 27 heavy (non-hydrogen) atoms. The van der Waals surface area contributed by atoms with Crippen molar-refractivity contribution in [3.8, 4) is 11.6 Å². The van der Waals surface area contributed by atoms with Crippen molar-refractivity contribution in [1.29, 1.82) is 0 Å². The molecule has 0 fully saturated rings. The van der Waals surface area contributed by atoms with Crippen molar-refractivity contribution in [2.45, 2.75) is 42.6 Å². The number of nitrogens with one attached hydrogen (secondary N) is 1. The molecule has 140 valence electrons. The average molecular weight is 383 g/mol. The number of nitrogen functional groups attached to an aromatic ring is 1. The summed E-state index contributed by atoms with van der Waals surface area (Å²) in [6, 6.07) is 11.9. The van der Waals surface area contributed by atoms with E-state index in [0.29, 0.717) is 16.7 Å². The minimum absolute atomic E-state index is 0.0377. The molecule has 4 rings (SSSR count). The molecule has 0 bridgehead atoms. The van der Waals surface area contributed by atoms with E-state index >= 15 is 0 Å². The summed E-state index contributed by atoms with van der Waals surface area (Å²) in [7, 11) is 0. The van der Waals surface area contributed by atoms with Crippen LogP contribution in [0.4, 0.5) is 0 Å². The molecule has 1 aliphatic carbocycles. The van der Waals surface area contributed by atoms with Gasteiger partial charge in [-0.1, -0.05) is 36.0 Å². The number of fused-ring (bicyclic) bond motifs is 1. The van der Waals surface area contributed by atoms with Crippen LogP contribution in [0.5, 0.6) is 0 Å². The molecule has 2 atom stereocenters. The molecule has 0 unspecified atom stereocenters. The molecule has 2 aromatic heterocycles. The summed E-state index contributed by atoms with van der Waals surface area (Å²) >= 11 is 1.28. The van der Waals surface area contributed by atoms with Crippen molar-refractivity contribution >= 4 is 17.7 Å². The second-order valence-corrected chi connectivity index (χ2v) is 7.87. The van der Waals surface area contributed by atoms with Crippen LogP contribution in [-0.2, 0) is 11.2 Å². The van der Waals surface area contributed by atoms with Crippen LogP contribution in [0.1, 0.15) is 36.9 Å². The zero-order valence-electron chi connectivity index (χ0n) is 15.0. The van der Waals surface area contributed by atoms with E-state index in [1.54, 1.807) is 18.4 Å². The molecule has 2 heterocycles. The van der Waals surface area contributed by atoms with Crippen LogP contribution >= 0.6 is 11.8 Å². The van der Waals surface area contributed by atoms with Gasteiger partial charge in [0.2, 0.25) is 16.9 Å². The van der Waals surface area contributed by atoms with Crippen LogP contribution in [0.2, 0.25) is 0 Å². The van der Waals surface area contributed by atoms with E-state index in [1.807, 2.05) is 19.1 Å². The number of aromatic nitrogens is 3. The molecule has 1 amide bonds. The molecule has 7 nitrogen and oxygen atoms in total. The third kappa shape index (κ3) is 3.57. The molecule has 0 spiro atoms. The zero-order chi connectivity index (χ0) is 18.8. The fourth-order valence-electron chi connectivity index (χ4n) is 3.34. The minimum atomic E-state index is -0.352. The van der Waals surface area contributed by atoms with Crippen LogP contribution < -0.4 is 11.2 Å². The largest absolute Gasteiger partial charge is 0.461 e. The first-order chi connectivity index (χ1) is 13.1. The number of hydrogen-bond donors (Lipinski definition) is 2. The fraction of sp³-hybridized carbons (Fsp3) is 0.316. The topological polar surface area (TPSA) is 99.0 Å². The first-order valence-corrected chi connectivity index (χ1v) is 9.80. The highest BCUT2D eigenvalue weighted by molar-refractivity contribution is 8.00. The summed E-state index contributed by atoms with van der Waals surface area (Å²) in [5, 5.41) is 11.4. The van der Waals surface area contributed by atoms with Crippen molar-refractivity contribution in [1.82, 2.24) is 20.2 Å². The highest BCUT2D eigenvalue weighted by atomic mass is 32.2. The third-order valence-electron chi connectivity index (χ3n) is 4.74. The number of thioether (sulfide) groups is 1. The van der Waals surface area contributed by atoms with Gasteiger partial charge in [0.1, 0.15) is 0 Å². The zero-order valence-corrected chi connectivity index (χ0v) is 15.8. The quantitative estimate of drug-likeness (QED) is 0.519. The number of amides is 1. The maximum absolute atomic E-state index is 12.7. The molecule has 0 aliphatic heterocycles. The number of carbonyl (C=O) groups excluding carboxylic acids is 1. The number of nitrogens with two attached hydrogens (primary N) is 1. The lowest BCUT2D eigenvalue weighted by Crippen LogP contribution is -2.36. The smallest absolute Gasteiger partial charge is 0.233 e. The van der Waals surface area contributed by atoms with E-state index in [1.165, 1.54) is 27.6 Å². The third-order valence-corrected chi connectivity index (χ3v) is 5.80. The second kappa shape index (κ2) is 7.48. The summed E-state index contributed by atoms with van der Waals surface area (Å²) in [6.07, 6.45) is 4.65. The Morgan fingerprint density at radius 1 is 1.33 bits per heavy atom. The van der Waals surface area contributed by atoms with Gasteiger partial charge in [0, 0.05) is 0 Å². The molecule has 0 radical (unpaired) electrons. The molecule has 0 saturated carbocycles. The van der Waals surface area contributed by atoms with Gasteiger partial charge in [-0.3, -0.25) is 4.79 Å². The predicted octanol–water partition coefficient (Wildman–Crippen LogP) is 2.93. The molecule has 8 heteroatoms. The summed E-state index contributed by atoms with van der Waals surface area (Å²) in [4.78, 5) is 12.7. The summed E-state index contributed by atoms with van der Waals surface area (Å²) < 4.78 is 6.66. The first kappa shape index (κ1) is 17.7. The number of furan rings is 1. The van der Waals surface area contributed by atoms with Crippen LogP contribution in [0.3, 0.4) is 0 Å². The van der Waals surface area contributed by atoms with Crippen molar-refractivity contribution in [2.75, 3.05) is 5.84 Å². The standard InChI is InChI=1S/C19H21N5O2S/c1-12(27-19-23-22-17(24(19)20)16-10-5-11-26-16)18(25)21-15-9-4-7-13-6-2-3-8-14(13)15/h2-3,5-6,8,10-12,15H,4,7,9,20H2,1H3,(H,21,25)/t12-,15-/m1/s1. The molecular formula is C19H21N5O2S. The number of nitrogens with zero attached hydrogens (tertiary/aromatic N) is 3. The minimum Gasteiger partial charge on any atom is -0.461 e. The predicted molar refractivity (Wildman–Crippen MR) is 103 cm³/mol. The molecule has 3 N–H and O–H groups in total. The van der Waals surface area contributed by atoms with Gasteiger partial charge in [0.05, 0.1) is 17.6 Å². The Balaban J connectivity index is 1.44. The summed E-state index contributed by atoms with van der Waals surface area (Å²) in [5.41, 5.74) is 2.54. The van der Waals surface area contributed by atoms with Gasteiger partial charge in [0.25, 0.3) is 0 Å². The highest BCUT2D eigenvalue weighted by Crippen LogP contribution is 2.30. The molecule has 0 saturated heterocycles. The first-order valence-electron chi connectivity index (χ1n) is 8.92. The maximum atomic E-state index is 12.7. The van der Waals surface area contributed by atoms with E-state index in [2.05, 4.69) is 27.6 Å². The van der Waals surface area contributed by atoms with Gasteiger partial charge < -0.3 is 15.6 Å². The van der Waals surface area contributed by atoms with Crippen LogP contribution in [0.15, 0.2) is 52.2 Å². The molecule has 1 aromatic carbocycles. The van der Waals surface area contributed by atoms with E-state index in [0.717, 1.165) is 19.3 Å². The van der Waals surface area contributed by atoms with E-state index < -0.39 is 0 Å². The van der Waals surface area contributed by atoms with Crippen molar-refractivity contribution in [3.05, 3.63) is 53.8 Å². The van der Waals surface area contributed by atoms with Crippen LogP contribution in [0, 0.1) is 0 Å². The van der Waals surface area contributed by atoms with E-state index in [9.17, 15) is 4.79 Å². The maximum Gasteiger partial charge on any atom is 0.233 e.